The van der Waals surface area contributed by atoms with Crippen LogP contribution < -0.4 is 14.2 Å². The Morgan fingerprint density at radius 2 is 1.45 bits per heavy atom. The second kappa shape index (κ2) is 8.80. The van der Waals surface area contributed by atoms with E-state index in [2.05, 4.69) is 19.7 Å². The van der Waals surface area contributed by atoms with Gasteiger partial charge in [0.15, 0.2) is 0 Å². The number of para-hydroxylation sites is 1. The second-order valence-corrected chi connectivity index (χ2v) is 8.00. The number of aromatic nitrogens is 3. The number of hydrogen-bond acceptors (Lipinski definition) is 7. The number of hydrogen-bond donors (Lipinski definition) is 1. The largest absolute Gasteiger partial charge is 0.481 e. The Kier molecular flexibility index (Phi) is 5.76. The highest BCUT2D eigenvalue weighted by Crippen LogP contribution is 2.27. The number of benzene rings is 2. The highest BCUT2D eigenvalue weighted by molar-refractivity contribution is 7.92. The summed E-state index contributed by atoms with van der Waals surface area (Å²) in [5, 5.41) is 0. The summed E-state index contributed by atoms with van der Waals surface area (Å²) in [4.78, 5) is 13.0. The van der Waals surface area contributed by atoms with Crippen molar-refractivity contribution in [3.63, 3.8) is 0 Å². The van der Waals surface area contributed by atoms with E-state index in [1.54, 1.807) is 54.6 Å². The van der Waals surface area contributed by atoms with Crippen molar-refractivity contribution in [1.82, 2.24) is 15.0 Å². The van der Waals surface area contributed by atoms with Crippen LogP contribution in [0.15, 0.2) is 89.8 Å². The third-order valence-corrected chi connectivity index (χ3v) is 5.49. The van der Waals surface area contributed by atoms with E-state index in [0.29, 0.717) is 23.0 Å². The Bertz CT molecular complexity index is 1280. The summed E-state index contributed by atoms with van der Waals surface area (Å²) >= 11 is 0. The summed E-state index contributed by atoms with van der Waals surface area (Å²) in [5.74, 6) is 0.958. The zero-order valence-electron chi connectivity index (χ0n) is 16.5. The van der Waals surface area contributed by atoms with Crippen LogP contribution in [0.4, 0.5) is 5.95 Å². The highest BCUT2D eigenvalue weighted by atomic mass is 32.2. The molecule has 9 heteroatoms. The van der Waals surface area contributed by atoms with Crippen LogP contribution in [-0.2, 0) is 10.0 Å². The molecular formula is C22H18N4O4S. The maximum atomic E-state index is 12.8. The Morgan fingerprint density at radius 1 is 0.742 bits per heavy atom. The maximum Gasteiger partial charge on any atom is 0.264 e. The monoisotopic (exact) mass is 434 g/mol. The highest BCUT2D eigenvalue weighted by Gasteiger charge is 2.18. The summed E-state index contributed by atoms with van der Waals surface area (Å²) < 4.78 is 38.9. The molecule has 0 unspecified atom stereocenters. The molecule has 0 atom stereocenters. The van der Waals surface area contributed by atoms with E-state index in [9.17, 15) is 8.42 Å². The predicted molar refractivity (Wildman–Crippen MR) is 116 cm³/mol. The number of nitrogens with zero attached hydrogens (tertiary/aromatic N) is 3. The van der Waals surface area contributed by atoms with Crippen molar-refractivity contribution < 1.29 is 17.9 Å². The van der Waals surface area contributed by atoms with Gasteiger partial charge in [-0.2, -0.15) is 4.98 Å². The third-order valence-electron chi connectivity index (χ3n) is 4.14. The van der Waals surface area contributed by atoms with Gasteiger partial charge in [-0.25, -0.2) is 23.1 Å². The van der Waals surface area contributed by atoms with Crippen molar-refractivity contribution in [2.45, 2.75) is 4.90 Å². The van der Waals surface area contributed by atoms with Gasteiger partial charge in [-0.3, -0.25) is 0 Å². The van der Waals surface area contributed by atoms with Crippen molar-refractivity contribution in [1.29, 1.82) is 0 Å². The Balaban J connectivity index is 1.75. The van der Waals surface area contributed by atoms with Gasteiger partial charge >= 0.3 is 0 Å². The zero-order valence-corrected chi connectivity index (χ0v) is 17.3. The van der Waals surface area contributed by atoms with Gasteiger partial charge in [0, 0.05) is 12.1 Å². The lowest BCUT2D eigenvalue weighted by Gasteiger charge is -2.11. The molecular weight excluding hydrogens is 416 g/mol. The number of nitrogens with one attached hydrogen (secondary N) is 1. The van der Waals surface area contributed by atoms with Crippen LogP contribution in [0.1, 0.15) is 0 Å². The molecule has 0 spiro atoms. The second-order valence-electron chi connectivity index (χ2n) is 6.31. The molecule has 0 saturated heterocycles. The van der Waals surface area contributed by atoms with Crippen molar-refractivity contribution >= 4 is 16.0 Å². The molecule has 0 aliphatic rings. The summed E-state index contributed by atoms with van der Waals surface area (Å²) in [7, 11) is -2.38. The lowest BCUT2D eigenvalue weighted by Crippen LogP contribution is -2.15. The van der Waals surface area contributed by atoms with Crippen LogP contribution in [0.25, 0.3) is 11.4 Å². The van der Waals surface area contributed by atoms with Crippen molar-refractivity contribution in [2.24, 2.45) is 0 Å². The quantitative estimate of drug-likeness (QED) is 0.466. The fourth-order valence-corrected chi connectivity index (χ4v) is 3.68. The molecule has 156 valence electrons. The third kappa shape index (κ3) is 4.96. The summed E-state index contributed by atoms with van der Waals surface area (Å²) in [6, 6.07) is 23.8. The minimum Gasteiger partial charge on any atom is -0.481 e. The fourth-order valence-electron chi connectivity index (χ4n) is 2.71. The lowest BCUT2D eigenvalue weighted by molar-refractivity contribution is 0.398. The molecule has 2 heterocycles. The molecule has 1 N–H and O–H groups in total. The van der Waals surface area contributed by atoms with E-state index in [1.165, 1.54) is 19.2 Å². The van der Waals surface area contributed by atoms with Crippen LogP contribution in [-0.4, -0.2) is 30.5 Å². The molecule has 4 aromatic rings. The first kappa shape index (κ1) is 20.3. The van der Waals surface area contributed by atoms with Crippen LogP contribution >= 0.6 is 0 Å². The first-order valence-electron chi connectivity index (χ1n) is 9.25. The van der Waals surface area contributed by atoms with E-state index >= 15 is 0 Å². The number of sulfonamides is 1. The first-order chi connectivity index (χ1) is 15.0. The van der Waals surface area contributed by atoms with Gasteiger partial charge in [0.05, 0.1) is 23.4 Å². The molecule has 0 fully saturated rings. The van der Waals surface area contributed by atoms with E-state index in [4.69, 9.17) is 9.47 Å². The molecule has 2 aromatic heterocycles. The van der Waals surface area contributed by atoms with Gasteiger partial charge in [0.1, 0.15) is 5.75 Å². The molecule has 31 heavy (non-hydrogen) atoms. The summed E-state index contributed by atoms with van der Waals surface area (Å²) in [6.45, 7) is 0. The van der Waals surface area contributed by atoms with E-state index in [-0.39, 0.29) is 16.7 Å². The predicted octanol–water partition coefficient (Wildman–Crippen LogP) is 4.14. The molecule has 0 amide bonds. The standard InChI is InChI=1S/C22H18N4O4S/c1-29-20-14-8-13-18(23-20)19-15-21(30-16-9-4-2-5-10-16)25-22(24-19)26-31(27,28)17-11-6-3-7-12-17/h2-15H,1H3,(H,24,25,26). The van der Waals surface area contributed by atoms with Gasteiger partial charge in [-0.05, 0) is 30.3 Å². The number of anilines is 1. The van der Waals surface area contributed by atoms with Gasteiger partial charge in [-0.1, -0.05) is 42.5 Å². The lowest BCUT2D eigenvalue weighted by atomic mass is 10.2. The number of ether oxygens (including phenoxy) is 2. The van der Waals surface area contributed by atoms with Crippen LogP contribution in [0, 0.1) is 0 Å². The first-order valence-corrected chi connectivity index (χ1v) is 10.7. The average Bonchev–Trinajstić information content (AvgIpc) is 2.80. The Hall–Kier alpha value is -3.98. The van der Waals surface area contributed by atoms with Crippen LogP contribution in [0.5, 0.6) is 17.5 Å². The van der Waals surface area contributed by atoms with E-state index in [1.807, 2.05) is 18.2 Å². The normalized spacial score (nSPS) is 11.0. The minimum absolute atomic E-state index is 0.0917. The average molecular weight is 434 g/mol. The van der Waals surface area contributed by atoms with Crippen LogP contribution in [0.2, 0.25) is 0 Å². The summed E-state index contributed by atoms with van der Waals surface area (Å²) in [6.07, 6.45) is 0. The van der Waals surface area contributed by atoms with Crippen molar-refractivity contribution in [3.8, 4) is 28.9 Å². The Morgan fingerprint density at radius 3 is 2.16 bits per heavy atom. The number of rotatable bonds is 7. The SMILES string of the molecule is COc1cccc(-c2cc(Oc3ccccc3)nc(NS(=O)(=O)c3ccccc3)n2)n1. The number of pyridine rings is 1. The van der Waals surface area contributed by atoms with E-state index < -0.39 is 10.0 Å². The topological polar surface area (TPSA) is 103 Å². The smallest absolute Gasteiger partial charge is 0.264 e. The number of methoxy groups -OCH3 is 1. The molecule has 0 aliphatic carbocycles. The fraction of sp³-hybridized carbons (Fsp3) is 0.0455. The van der Waals surface area contributed by atoms with Crippen molar-refractivity contribution in [2.75, 3.05) is 11.8 Å². The van der Waals surface area contributed by atoms with Gasteiger partial charge in [-0.15, -0.1) is 0 Å². The molecule has 0 aliphatic heterocycles. The molecule has 0 saturated carbocycles. The molecule has 8 nitrogen and oxygen atoms in total. The van der Waals surface area contributed by atoms with Crippen molar-refractivity contribution in [3.05, 3.63) is 84.9 Å². The van der Waals surface area contributed by atoms with E-state index in [0.717, 1.165) is 0 Å². The minimum atomic E-state index is -3.89. The van der Waals surface area contributed by atoms with Gasteiger partial charge in [0.2, 0.25) is 17.7 Å². The van der Waals surface area contributed by atoms with Crippen LogP contribution in [0.3, 0.4) is 0 Å². The van der Waals surface area contributed by atoms with Gasteiger partial charge < -0.3 is 9.47 Å². The Labute approximate surface area is 179 Å². The molecule has 0 radical (unpaired) electrons. The molecule has 2 aromatic carbocycles. The van der Waals surface area contributed by atoms with Gasteiger partial charge in [0.25, 0.3) is 10.0 Å². The zero-order chi connectivity index (χ0) is 21.7. The summed E-state index contributed by atoms with van der Waals surface area (Å²) in [5.41, 5.74) is 0.838. The molecule has 0 bridgehead atoms. The maximum absolute atomic E-state index is 12.8. The molecule has 4 rings (SSSR count).